The molecule has 0 aromatic heterocycles. The molecule has 0 radical (unpaired) electrons. The number of benzene rings is 3. The maximum atomic E-state index is 13.5. The van der Waals surface area contributed by atoms with E-state index in [-0.39, 0.29) is 47.7 Å². The van der Waals surface area contributed by atoms with Crippen molar-refractivity contribution < 1.29 is 31.5 Å². The Kier molecular flexibility index (Phi) is 14.1. The number of rotatable bonds is 18. The second-order valence-electron chi connectivity index (χ2n) is 12.0. The Labute approximate surface area is 278 Å². The van der Waals surface area contributed by atoms with Crippen LogP contribution in [0.1, 0.15) is 51.2 Å². The number of carbonyl (C=O) groups excluding carboxylic acids is 2. The number of amides is 2. The number of unbranched alkanes of at least 4 members (excludes halogenated alkanes) is 1. The third-order valence-electron chi connectivity index (χ3n) is 7.44. The average Bonchev–Trinajstić information content (AvgIpc) is 3.02. The summed E-state index contributed by atoms with van der Waals surface area (Å²) in [6, 6.07) is 19.6. The number of nitrogens with zero attached hydrogens (tertiary/aromatic N) is 1. The lowest BCUT2D eigenvalue weighted by molar-refractivity contribution is -0.122. The van der Waals surface area contributed by atoms with Crippen LogP contribution in [0, 0.1) is 12.8 Å². The van der Waals surface area contributed by atoms with E-state index in [1.807, 2.05) is 26.8 Å². The smallest absolute Gasteiger partial charge is 0.243 e. The molecule has 3 aromatic carbocycles. The summed E-state index contributed by atoms with van der Waals surface area (Å²) < 4.78 is 57.5. The van der Waals surface area contributed by atoms with Gasteiger partial charge in [0.2, 0.25) is 31.9 Å². The standard InChI is InChI=1S/C34H46N4O7S2/c1-25(2)23-38(47(44,45)32-17-13-26(3)14-18-32)30(24-39)12-8-9-21-35-34(41)33(22-28-10-6-5-7-11-28)37-46(42,43)31-19-15-29(16-20-31)36-27(4)40/h5-7,10-11,13-20,25,30,33,37,39H,8-9,12,21-24H2,1-4H3,(H,35,41)(H,36,40)/t30-,33-/m0/s1. The van der Waals surface area contributed by atoms with Crippen molar-refractivity contribution in [2.24, 2.45) is 5.92 Å². The van der Waals surface area contributed by atoms with Gasteiger partial charge in [0.25, 0.3) is 0 Å². The first-order valence-electron chi connectivity index (χ1n) is 15.6. The van der Waals surface area contributed by atoms with Crippen molar-refractivity contribution in [3.63, 3.8) is 0 Å². The van der Waals surface area contributed by atoms with Crippen LogP contribution < -0.4 is 15.4 Å². The van der Waals surface area contributed by atoms with E-state index in [0.717, 1.165) is 11.1 Å². The first-order chi connectivity index (χ1) is 22.2. The Hall–Kier alpha value is -3.62. The molecule has 0 saturated carbocycles. The minimum absolute atomic E-state index is 0.0315. The van der Waals surface area contributed by atoms with Crippen LogP contribution in [-0.4, -0.2) is 69.8 Å². The van der Waals surface area contributed by atoms with Gasteiger partial charge in [-0.1, -0.05) is 68.3 Å². The average molecular weight is 687 g/mol. The molecule has 4 N–H and O–H groups in total. The summed E-state index contributed by atoms with van der Waals surface area (Å²) in [5.74, 6) is -0.760. The van der Waals surface area contributed by atoms with Crippen LogP contribution in [0.4, 0.5) is 5.69 Å². The number of anilines is 1. The van der Waals surface area contributed by atoms with Crippen molar-refractivity contribution in [2.75, 3.05) is 25.0 Å². The van der Waals surface area contributed by atoms with Gasteiger partial charge in [-0.2, -0.15) is 9.03 Å². The predicted octanol–water partition coefficient (Wildman–Crippen LogP) is 3.84. The van der Waals surface area contributed by atoms with Crippen molar-refractivity contribution in [2.45, 2.75) is 75.3 Å². The molecule has 0 fully saturated rings. The molecular weight excluding hydrogens is 641 g/mol. The van der Waals surface area contributed by atoms with Crippen LogP contribution in [0.25, 0.3) is 0 Å². The number of sulfonamides is 2. The molecule has 0 aliphatic heterocycles. The Bertz CT molecular complexity index is 1660. The predicted molar refractivity (Wildman–Crippen MR) is 183 cm³/mol. The Morgan fingerprint density at radius 3 is 2.04 bits per heavy atom. The summed E-state index contributed by atoms with van der Waals surface area (Å²) in [7, 11) is -7.94. The van der Waals surface area contributed by atoms with Crippen LogP contribution in [0.3, 0.4) is 0 Å². The number of hydrogen-bond acceptors (Lipinski definition) is 7. The fraction of sp³-hybridized carbons (Fsp3) is 0.412. The van der Waals surface area contributed by atoms with E-state index in [0.29, 0.717) is 24.9 Å². The molecule has 3 rings (SSSR count). The highest BCUT2D eigenvalue weighted by molar-refractivity contribution is 7.89. The third-order valence-corrected chi connectivity index (χ3v) is 10.9. The second kappa shape index (κ2) is 17.5. The molecule has 0 saturated heterocycles. The Morgan fingerprint density at radius 1 is 0.851 bits per heavy atom. The van der Waals surface area contributed by atoms with Gasteiger partial charge >= 0.3 is 0 Å². The van der Waals surface area contributed by atoms with Gasteiger partial charge in [0.05, 0.1) is 16.4 Å². The van der Waals surface area contributed by atoms with Crippen molar-refractivity contribution in [1.29, 1.82) is 0 Å². The summed E-state index contributed by atoms with van der Waals surface area (Å²) in [6.45, 7) is 7.19. The molecule has 2 atom stereocenters. The molecule has 3 aromatic rings. The molecule has 0 aliphatic carbocycles. The zero-order valence-corrected chi connectivity index (χ0v) is 29.0. The normalized spacial score (nSPS) is 13.3. The van der Waals surface area contributed by atoms with Gasteiger partial charge in [0.1, 0.15) is 6.04 Å². The van der Waals surface area contributed by atoms with Crippen molar-refractivity contribution in [3.8, 4) is 0 Å². The molecule has 0 aliphatic rings. The van der Waals surface area contributed by atoms with E-state index in [2.05, 4.69) is 15.4 Å². The molecule has 0 bridgehead atoms. The van der Waals surface area contributed by atoms with Crippen molar-refractivity contribution in [3.05, 3.63) is 90.0 Å². The molecule has 256 valence electrons. The zero-order valence-electron chi connectivity index (χ0n) is 27.3. The maximum Gasteiger partial charge on any atom is 0.243 e. The molecule has 13 heteroatoms. The Balaban J connectivity index is 1.65. The topological polar surface area (TPSA) is 162 Å². The zero-order chi connectivity index (χ0) is 34.6. The van der Waals surface area contributed by atoms with Gasteiger partial charge < -0.3 is 15.7 Å². The van der Waals surface area contributed by atoms with E-state index < -0.39 is 38.0 Å². The summed E-state index contributed by atoms with van der Waals surface area (Å²) in [5, 5.41) is 15.6. The molecule has 0 spiro atoms. The van der Waals surface area contributed by atoms with Gasteiger partial charge in [-0.15, -0.1) is 0 Å². The molecule has 0 heterocycles. The molecule has 0 unspecified atom stereocenters. The summed E-state index contributed by atoms with van der Waals surface area (Å²) in [5.41, 5.74) is 2.15. The molecule has 11 nitrogen and oxygen atoms in total. The fourth-order valence-electron chi connectivity index (χ4n) is 5.03. The SMILES string of the molecule is CC(=O)Nc1ccc(S(=O)(=O)N[C@@H](Cc2ccccc2)C(=O)NCCCC[C@@H](CO)N(CC(C)C)S(=O)(=O)c2ccc(C)cc2)cc1. The number of nitrogens with one attached hydrogen (secondary N) is 3. The highest BCUT2D eigenvalue weighted by atomic mass is 32.2. The van der Waals surface area contributed by atoms with Crippen molar-refractivity contribution in [1.82, 2.24) is 14.3 Å². The van der Waals surface area contributed by atoms with Gasteiger partial charge in [0.15, 0.2) is 0 Å². The minimum Gasteiger partial charge on any atom is -0.395 e. The summed E-state index contributed by atoms with van der Waals surface area (Å²) in [6.07, 6.45) is 1.49. The van der Waals surface area contributed by atoms with E-state index in [1.165, 1.54) is 35.5 Å². The minimum atomic E-state index is -4.09. The summed E-state index contributed by atoms with van der Waals surface area (Å²) >= 11 is 0. The third kappa shape index (κ3) is 11.5. The molecular formula is C34H46N4O7S2. The lowest BCUT2D eigenvalue weighted by atomic mass is 10.1. The maximum absolute atomic E-state index is 13.5. The number of hydrogen-bond donors (Lipinski definition) is 4. The quantitative estimate of drug-likeness (QED) is 0.148. The van der Waals surface area contributed by atoms with Crippen LogP contribution in [0.5, 0.6) is 0 Å². The highest BCUT2D eigenvalue weighted by Crippen LogP contribution is 2.23. The van der Waals surface area contributed by atoms with Crippen LogP contribution in [0.15, 0.2) is 88.7 Å². The van der Waals surface area contributed by atoms with E-state index in [9.17, 15) is 31.5 Å². The summed E-state index contributed by atoms with van der Waals surface area (Å²) in [4.78, 5) is 24.7. The first kappa shape index (κ1) is 37.8. The molecule has 2 amide bonds. The number of aryl methyl sites for hydroxylation is 1. The lowest BCUT2D eigenvalue weighted by Gasteiger charge is -2.31. The first-order valence-corrected chi connectivity index (χ1v) is 18.6. The van der Waals surface area contributed by atoms with E-state index in [4.69, 9.17) is 0 Å². The fourth-order valence-corrected chi connectivity index (χ4v) is 8.03. The van der Waals surface area contributed by atoms with Gasteiger partial charge in [0, 0.05) is 31.7 Å². The molecule has 47 heavy (non-hydrogen) atoms. The lowest BCUT2D eigenvalue weighted by Crippen LogP contribution is -2.48. The van der Waals surface area contributed by atoms with E-state index >= 15 is 0 Å². The second-order valence-corrected chi connectivity index (χ2v) is 15.6. The highest BCUT2D eigenvalue weighted by Gasteiger charge is 2.32. The Morgan fingerprint density at radius 2 is 1.47 bits per heavy atom. The van der Waals surface area contributed by atoms with Gasteiger partial charge in [-0.25, -0.2) is 16.8 Å². The van der Waals surface area contributed by atoms with Crippen LogP contribution in [-0.2, 0) is 36.1 Å². The van der Waals surface area contributed by atoms with Gasteiger partial charge in [-0.05, 0) is 74.1 Å². The number of carbonyl (C=O) groups is 2. The number of aliphatic hydroxyl groups excluding tert-OH is 1. The van der Waals surface area contributed by atoms with Crippen LogP contribution >= 0.6 is 0 Å². The van der Waals surface area contributed by atoms with Gasteiger partial charge in [-0.3, -0.25) is 9.59 Å². The van der Waals surface area contributed by atoms with E-state index in [1.54, 1.807) is 48.5 Å². The number of aliphatic hydroxyl groups is 1. The largest absolute Gasteiger partial charge is 0.395 e. The van der Waals surface area contributed by atoms with Crippen LogP contribution in [0.2, 0.25) is 0 Å². The van der Waals surface area contributed by atoms with Crippen molar-refractivity contribution >= 4 is 37.5 Å². The monoisotopic (exact) mass is 686 g/mol.